The molecule has 0 spiro atoms. The van der Waals surface area contributed by atoms with E-state index in [1.807, 2.05) is 17.5 Å². The summed E-state index contributed by atoms with van der Waals surface area (Å²) in [5.41, 5.74) is 1.73. The maximum atomic E-state index is 13.9. The summed E-state index contributed by atoms with van der Waals surface area (Å²) in [5, 5.41) is 2.87. The maximum absolute atomic E-state index is 13.9. The molecule has 4 rings (SSSR count). The van der Waals surface area contributed by atoms with Crippen molar-refractivity contribution >= 4 is 11.3 Å². The van der Waals surface area contributed by atoms with E-state index in [0.717, 1.165) is 22.8 Å². The Hall–Kier alpha value is -2.18. The molecule has 1 fully saturated rings. The first-order valence-electron chi connectivity index (χ1n) is 7.99. The van der Waals surface area contributed by atoms with Crippen molar-refractivity contribution in [2.45, 2.75) is 32.0 Å². The molecule has 1 aromatic carbocycles. The standard InChI is InChI=1S/C18H17FN4S/c19-16-5-2-1-4-13(16)10-23(15-6-7-15)11-14-12-24-18(22-14)17-20-8-3-9-21-17/h1-5,8-9,12,15H,6-7,10-11H2. The van der Waals surface area contributed by atoms with Gasteiger partial charge in [0.25, 0.3) is 0 Å². The number of aromatic nitrogens is 3. The number of rotatable bonds is 6. The second-order valence-corrected chi connectivity index (χ2v) is 6.80. The molecule has 6 heteroatoms. The average molecular weight is 340 g/mol. The van der Waals surface area contributed by atoms with Gasteiger partial charge in [0.2, 0.25) is 0 Å². The van der Waals surface area contributed by atoms with Crippen LogP contribution in [0.3, 0.4) is 0 Å². The van der Waals surface area contributed by atoms with Crippen LogP contribution in [0.4, 0.5) is 4.39 Å². The van der Waals surface area contributed by atoms with Gasteiger partial charge in [0.1, 0.15) is 5.82 Å². The van der Waals surface area contributed by atoms with E-state index in [-0.39, 0.29) is 5.82 Å². The van der Waals surface area contributed by atoms with Gasteiger partial charge in [0, 0.05) is 42.5 Å². The maximum Gasteiger partial charge on any atom is 0.188 e. The van der Waals surface area contributed by atoms with E-state index in [1.165, 1.54) is 18.9 Å². The van der Waals surface area contributed by atoms with Crippen LogP contribution in [0.2, 0.25) is 0 Å². The summed E-state index contributed by atoms with van der Waals surface area (Å²) in [6.45, 7) is 1.34. The first-order chi connectivity index (χ1) is 11.8. The number of thiazole rings is 1. The van der Waals surface area contributed by atoms with Crippen LogP contribution in [0.5, 0.6) is 0 Å². The highest BCUT2D eigenvalue weighted by Crippen LogP contribution is 2.31. The van der Waals surface area contributed by atoms with Crippen LogP contribution in [0.25, 0.3) is 10.8 Å². The van der Waals surface area contributed by atoms with Gasteiger partial charge in [-0.15, -0.1) is 11.3 Å². The quantitative estimate of drug-likeness (QED) is 0.682. The van der Waals surface area contributed by atoms with Crippen molar-refractivity contribution in [1.29, 1.82) is 0 Å². The minimum absolute atomic E-state index is 0.139. The second kappa shape index (κ2) is 6.75. The number of halogens is 1. The van der Waals surface area contributed by atoms with Gasteiger partial charge in [-0.1, -0.05) is 18.2 Å². The molecule has 4 nitrogen and oxygen atoms in total. The Bertz CT molecular complexity index is 817. The van der Waals surface area contributed by atoms with Gasteiger partial charge >= 0.3 is 0 Å². The van der Waals surface area contributed by atoms with E-state index in [9.17, 15) is 4.39 Å². The Balaban J connectivity index is 1.50. The van der Waals surface area contributed by atoms with Crippen LogP contribution in [0, 0.1) is 5.82 Å². The molecular formula is C18H17FN4S. The van der Waals surface area contributed by atoms with E-state index < -0.39 is 0 Å². The van der Waals surface area contributed by atoms with Crippen LogP contribution >= 0.6 is 11.3 Å². The van der Waals surface area contributed by atoms with Crippen LogP contribution in [0.15, 0.2) is 48.1 Å². The third-order valence-corrected chi connectivity index (χ3v) is 4.96. The van der Waals surface area contributed by atoms with Crippen molar-refractivity contribution in [1.82, 2.24) is 19.9 Å². The minimum atomic E-state index is -0.139. The van der Waals surface area contributed by atoms with Crippen molar-refractivity contribution in [2.75, 3.05) is 0 Å². The summed E-state index contributed by atoms with van der Waals surface area (Å²) in [6, 6.07) is 9.32. The van der Waals surface area contributed by atoms with Crippen molar-refractivity contribution in [2.24, 2.45) is 0 Å². The molecule has 3 aromatic rings. The summed E-state index contributed by atoms with van der Waals surface area (Å²) >= 11 is 1.55. The Labute approximate surface area is 144 Å². The lowest BCUT2D eigenvalue weighted by atomic mass is 10.2. The SMILES string of the molecule is Fc1ccccc1CN(Cc1csc(-c2ncccn2)n1)C1CC1. The van der Waals surface area contributed by atoms with Gasteiger partial charge in [-0.3, -0.25) is 4.90 Å². The predicted octanol–water partition coefficient (Wildman–Crippen LogP) is 3.90. The molecule has 1 saturated carbocycles. The number of nitrogens with zero attached hydrogens (tertiary/aromatic N) is 4. The summed E-state index contributed by atoms with van der Waals surface area (Å²) in [4.78, 5) is 15.4. The highest BCUT2D eigenvalue weighted by molar-refractivity contribution is 7.13. The summed E-state index contributed by atoms with van der Waals surface area (Å²) in [5.74, 6) is 0.514. The van der Waals surface area contributed by atoms with Gasteiger partial charge in [-0.05, 0) is 25.0 Å². The largest absolute Gasteiger partial charge is 0.290 e. The van der Waals surface area contributed by atoms with Crippen LogP contribution < -0.4 is 0 Å². The van der Waals surface area contributed by atoms with E-state index in [4.69, 9.17) is 0 Å². The third-order valence-electron chi connectivity index (χ3n) is 4.07. The molecule has 24 heavy (non-hydrogen) atoms. The lowest BCUT2D eigenvalue weighted by Crippen LogP contribution is -2.25. The fraction of sp³-hybridized carbons (Fsp3) is 0.278. The number of benzene rings is 1. The predicted molar refractivity (Wildman–Crippen MR) is 91.8 cm³/mol. The highest BCUT2D eigenvalue weighted by atomic mass is 32.1. The summed E-state index contributed by atoms with van der Waals surface area (Å²) < 4.78 is 13.9. The fourth-order valence-electron chi connectivity index (χ4n) is 2.70. The smallest absolute Gasteiger partial charge is 0.188 e. The van der Waals surface area contributed by atoms with Crippen molar-refractivity contribution in [3.8, 4) is 10.8 Å². The fourth-order valence-corrected chi connectivity index (χ4v) is 3.45. The first-order valence-corrected chi connectivity index (χ1v) is 8.87. The van der Waals surface area contributed by atoms with Crippen molar-refractivity contribution in [3.63, 3.8) is 0 Å². The Morgan fingerprint density at radius 3 is 2.62 bits per heavy atom. The van der Waals surface area contributed by atoms with E-state index >= 15 is 0 Å². The second-order valence-electron chi connectivity index (χ2n) is 5.94. The molecule has 0 aliphatic heterocycles. The molecule has 122 valence electrons. The van der Waals surface area contributed by atoms with Gasteiger partial charge in [-0.2, -0.15) is 0 Å². The zero-order valence-corrected chi connectivity index (χ0v) is 13.9. The Morgan fingerprint density at radius 2 is 1.88 bits per heavy atom. The molecule has 0 atom stereocenters. The van der Waals surface area contributed by atoms with E-state index in [2.05, 4.69) is 19.9 Å². The van der Waals surface area contributed by atoms with Crippen molar-refractivity contribution in [3.05, 3.63) is 65.2 Å². The Morgan fingerprint density at radius 1 is 1.08 bits per heavy atom. The lowest BCUT2D eigenvalue weighted by molar-refractivity contribution is 0.240. The van der Waals surface area contributed by atoms with Crippen molar-refractivity contribution < 1.29 is 4.39 Å². The number of hydrogen-bond donors (Lipinski definition) is 0. The molecule has 1 aliphatic rings. The van der Waals surface area contributed by atoms with Gasteiger partial charge in [0.05, 0.1) is 5.69 Å². The average Bonchev–Trinajstić information content (AvgIpc) is 3.36. The van der Waals surface area contributed by atoms with Gasteiger partial charge < -0.3 is 0 Å². The summed E-state index contributed by atoms with van der Waals surface area (Å²) in [7, 11) is 0. The van der Waals surface area contributed by atoms with E-state index in [0.29, 0.717) is 18.4 Å². The molecule has 0 unspecified atom stereocenters. The molecule has 1 aliphatic carbocycles. The highest BCUT2D eigenvalue weighted by Gasteiger charge is 2.30. The molecule has 0 bridgehead atoms. The van der Waals surface area contributed by atoms with Gasteiger partial charge in [-0.25, -0.2) is 19.3 Å². The Kier molecular flexibility index (Phi) is 4.32. The molecule has 0 amide bonds. The molecule has 2 aromatic heterocycles. The number of hydrogen-bond acceptors (Lipinski definition) is 5. The van der Waals surface area contributed by atoms with Crippen LogP contribution in [-0.4, -0.2) is 25.9 Å². The normalized spacial score (nSPS) is 14.2. The molecule has 0 N–H and O–H groups in total. The van der Waals surface area contributed by atoms with Gasteiger partial charge in [0.15, 0.2) is 10.8 Å². The summed E-state index contributed by atoms with van der Waals surface area (Å²) in [6.07, 6.45) is 5.79. The molecular weight excluding hydrogens is 323 g/mol. The topological polar surface area (TPSA) is 41.9 Å². The molecule has 2 heterocycles. The molecule has 0 radical (unpaired) electrons. The molecule has 0 saturated heterocycles. The monoisotopic (exact) mass is 340 g/mol. The first kappa shape index (κ1) is 15.4. The zero-order valence-electron chi connectivity index (χ0n) is 13.1. The van der Waals surface area contributed by atoms with Crippen LogP contribution in [0.1, 0.15) is 24.1 Å². The zero-order chi connectivity index (χ0) is 16.4. The lowest BCUT2D eigenvalue weighted by Gasteiger charge is -2.21. The van der Waals surface area contributed by atoms with Crippen LogP contribution in [-0.2, 0) is 13.1 Å². The van der Waals surface area contributed by atoms with E-state index in [1.54, 1.807) is 35.9 Å². The third kappa shape index (κ3) is 3.49. The minimum Gasteiger partial charge on any atom is -0.290 e.